The number of aryl methyl sites for hydroxylation is 2. The summed E-state index contributed by atoms with van der Waals surface area (Å²) >= 11 is 13.6. The van der Waals surface area contributed by atoms with Crippen molar-refractivity contribution in [3.63, 3.8) is 0 Å². The zero-order valence-corrected chi connectivity index (χ0v) is 28.1. The van der Waals surface area contributed by atoms with Crippen LogP contribution in [-0.4, -0.2) is 57.7 Å². The van der Waals surface area contributed by atoms with Crippen molar-refractivity contribution in [1.82, 2.24) is 19.0 Å². The maximum absolute atomic E-state index is 15.5. The van der Waals surface area contributed by atoms with E-state index in [1.165, 1.54) is 32.3 Å². The first-order valence-corrected chi connectivity index (χ1v) is 16.0. The van der Waals surface area contributed by atoms with E-state index in [0.29, 0.717) is 36.8 Å². The molecule has 1 amide bonds. The van der Waals surface area contributed by atoms with E-state index in [9.17, 15) is 19.2 Å². The summed E-state index contributed by atoms with van der Waals surface area (Å²) in [5.41, 5.74) is 1.58. The summed E-state index contributed by atoms with van der Waals surface area (Å²) in [5.74, 6) is -1.35. The molecule has 11 nitrogen and oxygen atoms in total. The summed E-state index contributed by atoms with van der Waals surface area (Å²) in [6.07, 6.45) is 2.72. The second-order valence-electron chi connectivity index (χ2n) is 11.8. The molecule has 48 heavy (non-hydrogen) atoms. The van der Waals surface area contributed by atoms with E-state index in [2.05, 4.69) is 10.2 Å². The molecule has 3 heterocycles. The fraction of sp³-hybridized carbons (Fsp3) is 0.324. The minimum atomic E-state index is -0.798. The number of methoxy groups -OCH3 is 1. The number of likely N-dealkylation sites (tertiary alicyclic amines) is 1. The number of ether oxygens (including phenoxy) is 2. The number of halogens is 3. The first kappa shape index (κ1) is 33.4. The summed E-state index contributed by atoms with van der Waals surface area (Å²) in [4.78, 5) is 56.9. The van der Waals surface area contributed by atoms with Crippen molar-refractivity contribution in [1.29, 1.82) is 0 Å². The number of amides is 1. The Bertz CT molecular complexity index is 2090. The van der Waals surface area contributed by atoms with Gasteiger partial charge in [-0.1, -0.05) is 35.3 Å². The largest absolute Gasteiger partial charge is 0.481 e. The molecule has 2 aromatic heterocycles. The Hall–Kier alpha value is -4.52. The van der Waals surface area contributed by atoms with Gasteiger partial charge in [-0.15, -0.1) is 0 Å². The number of hydrogen-bond acceptors (Lipinski definition) is 8. The smallest absolute Gasteiger partial charge is 0.330 e. The van der Waals surface area contributed by atoms with Crippen molar-refractivity contribution in [2.45, 2.75) is 25.8 Å². The number of anilines is 1. The van der Waals surface area contributed by atoms with Gasteiger partial charge < -0.3 is 19.4 Å². The number of carbonyl (C=O) groups excluding carboxylic acids is 2. The van der Waals surface area contributed by atoms with E-state index in [1.807, 2.05) is 6.07 Å². The molecular formula is C34H32Cl2FN5O6. The highest BCUT2D eigenvalue weighted by Crippen LogP contribution is 2.47. The predicted molar refractivity (Wildman–Crippen MR) is 179 cm³/mol. The lowest BCUT2D eigenvalue weighted by atomic mass is 9.95. The van der Waals surface area contributed by atoms with Gasteiger partial charge in [-0.05, 0) is 49.6 Å². The Morgan fingerprint density at radius 2 is 1.83 bits per heavy atom. The quantitative estimate of drug-likeness (QED) is 0.256. The van der Waals surface area contributed by atoms with Crippen LogP contribution >= 0.6 is 23.2 Å². The van der Waals surface area contributed by atoms with Crippen LogP contribution in [0.2, 0.25) is 10.0 Å². The Balaban J connectivity index is 1.32. The summed E-state index contributed by atoms with van der Waals surface area (Å²) in [6.45, 7) is 3.35. The highest BCUT2D eigenvalue weighted by atomic mass is 35.5. The molecule has 14 heteroatoms. The van der Waals surface area contributed by atoms with Crippen LogP contribution in [0, 0.1) is 11.7 Å². The number of carbonyl (C=O) groups is 2. The third-order valence-corrected chi connectivity index (χ3v) is 9.67. The molecule has 2 aliphatic rings. The monoisotopic (exact) mass is 695 g/mol. The zero-order valence-electron chi connectivity index (χ0n) is 26.6. The fourth-order valence-electron chi connectivity index (χ4n) is 6.39. The van der Waals surface area contributed by atoms with Gasteiger partial charge in [0, 0.05) is 61.7 Å². The second-order valence-corrected chi connectivity index (χ2v) is 12.5. The molecule has 1 atom stereocenters. The van der Waals surface area contributed by atoms with Gasteiger partial charge in [-0.3, -0.25) is 23.9 Å². The van der Waals surface area contributed by atoms with E-state index in [0.717, 1.165) is 39.3 Å². The molecule has 0 bridgehead atoms. The van der Waals surface area contributed by atoms with Crippen molar-refractivity contribution in [3.05, 3.63) is 96.0 Å². The maximum Gasteiger partial charge on any atom is 0.330 e. The van der Waals surface area contributed by atoms with Crippen molar-refractivity contribution >= 4 is 40.8 Å². The van der Waals surface area contributed by atoms with Gasteiger partial charge in [-0.2, -0.15) is 0 Å². The Morgan fingerprint density at radius 3 is 2.54 bits per heavy atom. The summed E-state index contributed by atoms with van der Waals surface area (Å²) < 4.78 is 28.4. The molecular weight excluding hydrogens is 664 g/mol. The topological polar surface area (TPSA) is 125 Å². The number of nitrogens with zero attached hydrogens (tertiary/aromatic N) is 4. The van der Waals surface area contributed by atoms with Crippen LogP contribution in [0.15, 0.2) is 52.2 Å². The molecule has 250 valence electrons. The number of pyridine rings is 1. The van der Waals surface area contributed by atoms with E-state index >= 15 is 4.39 Å². The lowest BCUT2D eigenvalue weighted by molar-refractivity contribution is -0.155. The maximum atomic E-state index is 15.5. The van der Waals surface area contributed by atoms with Crippen LogP contribution in [0.1, 0.15) is 40.9 Å². The number of nitrogens with one attached hydrogen (secondary N) is 1. The molecule has 0 spiro atoms. The molecule has 1 aliphatic heterocycles. The number of fused-ring (bicyclic) bond motifs is 1. The molecule has 1 N–H and O–H groups in total. The Morgan fingerprint density at radius 1 is 1.08 bits per heavy atom. The zero-order chi connectivity index (χ0) is 34.4. The Kier molecular flexibility index (Phi) is 9.16. The van der Waals surface area contributed by atoms with Gasteiger partial charge >= 0.3 is 11.7 Å². The molecule has 1 saturated heterocycles. The third-order valence-electron chi connectivity index (χ3n) is 8.87. The molecule has 6 rings (SSSR count). The molecule has 0 radical (unpaired) electrons. The van der Waals surface area contributed by atoms with Gasteiger partial charge in [0.25, 0.3) is 11.5 Å². The SMILES string of the molecule is CCOC(=O)C1CN([C@H]2CCc3cc(-c4ccc(F)c(-c5cccc(NC(=O)c6cn(C)c(=O)n(C)c6=O)c5Cl)c4Cl)nc(OC)c32)C1. The van der Waals surface area contributed by atoms with Crippen LogP contribution in [0.4, 0.5) is 10.1 Å². The van der Waals surface area contributed by atoms with Crippen LogP contribution in [-0.2, 0) is 30.0 Å². The van der Waals surface area contributed by atoms with Gasteiger partial charge in [0.2, 0.25) is 5.88 Å². The van der Waals surface area contributed by atoms with Gasteiger partial charge in [-0.25, -0.2) is 14.2 Å². The van der Waals surface area contributed by atoms with Crippen LogP contribution in [0.3, 0.4) is 0 Å². The van der Waals surface area contributed by atoms with Crippen molar-refractivity contribution in [2.24, 2.45) is 20.0 Å². The summed E-state index contributed by atoms with van der Waals surface area (Å²) in [5, 5.41) is 2.64. The number of hydrogen-bond donors (Lipinski definition) is 1. The van der Waals surface area contributed by atoms with E-state index in [1.54, 1.807) is 26.2 Å². The van der Waals surface area contributed by atoms with E-state index in [4.69, 9.17) is 37.7 Å². The van der Waals surface area contributed by atoms with Crippen LogP contribution in [0.5, 0.6) is 5.88 Å². The van der Waals surface area contributed by atoms with Crippen molar-refractivity contribution in [3.8, 4) is 28.3 Å². The lowest BCUT2D eigenvalue weighted by Gasteiger charge is -2.42. The molecule has 0 saturated carbocycles. The second kappa shape index (κ2) is 13.2. The number of esters is 1. The highest BCUT2D eigenvalue weighted by Gasteiger charge is 2.42. The molecule has 4 aromatic rings. The average Bonchev–Trinajstić information content (AvgIpc) is 3.46. The molecule has 1 aliphatic carbocycles. The van der Waals surface area contributed by atoms with Crippen molar-refractivity contribution in [2.75, 3.05) is 32.1 Å². The number of rotatable bonds is 8. The van der Waals surface area contributed by atoms with Crippen LogP contribution < -0.4 is 21.3 Å². The molecule has 0 unspecified atom stereocenters. The van der Waals surface area contributed by atoms with Gasteiger partial charge in [0.05, 0.1) is 41.1 Å². The number of benzene rings is 2. The summed E-state index contributed by atoms with van der Waals surface area (Å²) in [6, 6.07) is 9.41. The van der Waals surface area contributed by atoms with Gasteiger partial charge in [0.15, 0.2) is 0 Å². The van der Waals surface area contributed by atoms with E-state index in [-0.39, 0.29) is 50.4 Å². The third kappa shape index (κ3) is 5.78. The Labute approximate surface area is 284 Å². The first-order valence-electron chi connectivity index (χ1n) is 15.3. The molecule has 2 aromatic carbocycles. The minimum absolute atomic E-state index is 0.00184. The highest BCUT2D eigenvalue weighted by molar-refractivity contribution is 6.39. The standard InChI is InChI=1S/C34H32Cl2FN5O6/c1-5-48-33(45)18-14-42(15-18)25-12-9-17-13-24(39-31(47-4)26(17)25)19-10-11-22(37)27(29(19)36)20-7-6-8-23(28(20)35)38-30(43)21-16-40(2)34(46)41(3)32(21)44/h6-8,10-11,13,16,18,25H,5,9,12,14-15H2,1-4H3,(H,38,43)/t25-/m0/s1. The van der Waals surface area contributed by atoms with Crippen LogP contribution in [0.25, 0.3) is 22.4 Å². The van der Waals surface area contributed by atoms with E-state index < -0.39 is 23.0 Å². The lowest BCUT2D eigenvalue weighted by Crippen LogP contribution is -2.51. The summed E-state index contributed by atoms with van der Waals surface area (Å²) in [7, 11) is 4.23. The van der Waals surface area contributed by atoms with Crippen molar-refractivity contribution < 1.29 is 23.5 Å². The average molecular weight is 697 g/mol. The number of aromatic nitrogens is 3. The predicted octanol–water partition coefficient (Wildman–Crippen LogP) is 5.00. The first-order chi connectivity index (χ1) is 22.9. The van der Waals surface area contributed by atoms with Gasteiger partial charge in [0.1, 0.15) is 11.4 Å². The molecule has 1 fully saturated rings. The minimum Gasteiger partial charge on any atom is -0.481 e. The normalized spacial score (nSPS) is 15.9. The fourth-order valence-corrected chi connectivity index (χ4v) is 7.01.